The molecule has 0 saturated heterocycles. The van der Waals surface area contributed by atoms with Crippen LogP contribution in [0.4, 0.5) is 5.69 Å². The minimum atomic E-state index is -0.599. The van der Waals surface area contributed by atoms with E-state index in [1.807, 2.05) is 37.3 Å². The van der Waals surface area contributed by atoms with Gasteiger partial charge in [0.2, 0.25) is 0 Å². The smallest absolute Gasteiger partial charge is 0.265 e. The molecule has 1 amide bonds. The summed E-state index contributed by atoms with van der Waals surface area (Å²) in [7, 11) is 0. The lowest BCUT2D eigenvalue weighted by molar-refractivity contribution is -0.122. The van der Waals surface area contributed by atoms with Gasteiger partial charge in [0, 0.05) is 10.7 Å². The highest BCUT2D eigenvalue weighted by atomic mass is 35.5. The quantitative estimate of drug-likeness (QED) is 0.820. The Bertz CT molecular complexity index is 680. The normalized spacial score (nSPS) is 12.1. The second-order valence-corrected chi connectivity index (χ2v) is 6.37. The minimum Gasteiger partial charge on any atom is -0.481 e. The number of anilines is 1. The molecular weight excluding hydrogens is 310 g/mol. The van der Waals surface area contributed by atoms with Crippen LogP contribution in [-0.2, 0) is 4.79 Å². The topological polar surface area (TPSA) is 38.3 Å². The van der Waals surface area contributed by atoms with E-state index in [0.29, 0.717) is 22.4 Å². The van der Waals surface area contributed by atoms with Crippen LogP contribution in [0.5, 0.6) is 5.75 Å². The van der Waals surface area contributed by atoms with Gasteiger partial charge in [-0.3, -0.25) is 4.79 Å². The molecule has 0 spiro atoms. The summed E-state index contributed by atoms with van der Waals surface area (Å²) in [6.45, 7) is 7.92. The summed E-state index contributed by atoms with van der Waals surface area (Å²) in [6.07, 6.45) is -0.599. The third kappa shape index (κ3) is 4.73. The Balaban J connectivity index is 2.01. The van der Waals surface area contributed by atoms with Gasteiger partial charge in [-0.1, -0.05) is 43.6 Å². The van der Waals surface area contributed by atoms with Crippen LogP contribution in [0.2, 0.25) is 5.02 Å². The molecule has 3 nitrogen and oxygen atoms in total. The molecule has 0 saturated carbocycles. The van der Waals surface area contributed by atoms with Crippen molar-refractivity contribution in [2.24, 2.45) is 0 Å². The van der Waals surface area contributed by atoms with Crippen LogP contribution in [-0.4, -0.2) is 12.0 Å². The van der Waals surface area contributed by atoms with Crippen LogP contribution in [0.15, 0.2) is 42.5 Å². The van der Waals surface area contributed by atoms with Gasteiger partial charge in [-0.05, 0) is 55.2 Å². The van der Waals surface area contributed by atoms with Crippen molar-refractivity contribution in [2.45, 2.75) is 39.7 Å². The van der Waals surface area contributed by atoms with E-state index in [4.69, 9.17) is 16.3 Å². The molecule has 2 rings (SSSR count). The fourth-order valence-electron chi connectivity index (χ4n) is 2.15. The third-order valence-electron chi connectivity index (χ3n) is 3.69. The molecule has 0 unspecified atom stereocenters. The fraction of sp³-hybridized carbons (Fsp3) is 0.316. The van der Waals surface area contributed by atoms with Gasteiger partial charge < -0.3 is 10.1 Å². The predicted molar refractivity (Wildman–Crippen MR) is 95.4 cm³/mol. The van der Waals surface area contributed by atoms with Crippen molar-refractivity contribution < 1.29 is 9.53 Å². The van der Waals surface area contributed by atoms with E-state index in [2.05, 4.69) is 19.2 Å². The van der Waals surface area contributed by atoms with Crippen molar-refractivity contribution in [2.75, 3.05) is 5.32 Å². The first kappa shape index (κ1) is 17.4. The zero-order valence-electron chi connectivity index (χ0n) is 13.9. The van der Waals surface area contributed by atoms with Crippen LogP contribution in [0.25, 0.3) is 0 Å². The van der Waals surface area contributed by atoms with Crippen molar-refractivity contribution in [3.63, 3.8) is 0 Å². The number of amides is 1. The molecule has 0 aliphatic rings. The zero-order chi connectivity index (χ0) is 17.0. The van der Waals surface area contributed by atoms with Gasteiger partial charge >= 0.3 is 0 Å². The molecule has 0 aliphatic carbocycles. The Labute approximate surface area is 142 Å². The molecule has 122 valence electrons. The number of hydrogen-bond acceptors (Lipinski definition) is 2. The first-order valence-electron chi connectivity index (χ1n) is 7.70. The molecule has 1 N–H and O–H groups in total. The second-order valence-electron chi connectivity index (χ2n) is 5.93. The summed E-state index contributed by atoms with van der Waals surface area (Å²) in [6, 6.07) is 13.2. The Kier molecular flexibility index (Phi) is 5.67. The number of carbonyl (C=O) groups is 1. The standard InChI is InChI=1S/C19H22ClNO2/c1-12(2)15-6-9-17(10-7-15)23-14(4)19(22)21-18-11-16(20)8-5-13(18)3/h5-12,14H,1-4H3,(H,21,22)/t14-/m1/s1. The first-order valence-corrected chi connectivity index (χ1v) is 8.08. The highest BCUT2D eigenvalue weighted by Crippen LogP contribution is 2.22. The number of hydrogen-bond donors (Lipinski definition) is 1. The highest BCUT2D eigenvalue weighted by molar-refractivity contribution is 6.31. The van der Waals surface area contributed by atoms with Crippen LogP contribution in [0.3, 0.4) is 0 Å². The third-order valence-corrected chi connectivity index (χ3v) is 3.92. The van der Waals surface area contributed by atoms with Crippen molar-refractivity contribution in [1.29, 1.82) is 0 Å². The summed E-state index contributed by atoms with van der Waals surface area (Å²) in [5.74, 6) is 0.943. The monoisotopic (exact) mass is 331 g/mol. The van der Waals surface area contributed by atoms with E-state index in [9.17, 15) is 4.79 Å². The number of nitrogens with one attached hydrogen (secondary N) is 1. The highest BCUT2D eigenvalue weighted by Gasteiger charge is 2.16. The lowest BCUT2D eigenvalue weighted by Crippen LogP contribution is -2.30. The number of halogens is 1. The average molecular weight is 332 g/mol. The van der Waals surface area contributed by atoms with Gasteiger partial charge in [-0.15, -0.1) is 0 Å². The lowest BCUT2D eigenvalue weighted by Gasteiger charge is -2.16. The summed E-state index contributed by atoms with van der Waals surface area (Å²) >= 11 is 5.97. The van der Waals surface area contributed by atoms with E-state index >= 15 is 0 Å². The molecule has 2 aromatic carbocycles. The van der Waals surface area contributed by atoms with Gasteiger partial charge in [0.15, 0.2) is 6.10 Å². The van der Waals surface area contributed by atoms with Crippen molar-refractivity contribution >= 4 is 23.2 Å². The molecule has 0 radical (unpaired) electrons. The molecule has 23 heavy (non-hydrogen) atoms. The molecule has 2 aromatic rings. The van der Waals surface area contributed by atoms with Gasteiger partial charge in [0.25, 0.3) is 5.91 Å². The molecule has 0 fully saturated rings. The number of aryl methyl sites for hydroxylation is 1. The predicted octanol–water partition coefficient (Wildman–Crippen LogP) is 5.18. The van der Waals surface area contributed by atoms with E-state index in [-0.39, 0.29) is 5.91 Å². The zero-order valence-corrected chi connectivity index (χ0v) is 14.6. The average Bonchev–Trinajstić information content (AvgIpc) is 2.51. The van der Waals surface area contributed by atoms with Crippen LogP contribution in [0, 0.1) is 6.92 Å². The molecular formula is C19H22ClNO2. The Morgan fingerprint density at radius 3 is 2.35 bits per heavy atom. The number of benzene rings is 2. The van der Waals surface area contributed by atoms with Crippen molar-refractivity contribution in [3.8, 4) is 5.75 Å². The SMILES string of the molecule is Cc1ccc(Cl)cc1NC(=O)[C@@H](C)Oc1ccc(C(C)C)cc1. The number of rotatable bonds is 5. The maximum Gasteiger partial charge on any atom is 0.265 e. The Hall–Kier alpha value is -2.00. The van der Waals surface area contributed by atoms with Gasteiger partial charge in [0.05, 0.1) is 0 Å². The Morgan fingerprint density at radius 2 is 1.74 bits per heavy atom. The molecule has 0 heterocycles. The van der Waals surface area contributed by atoms with Gasteiger partial charge in [0.1, 0.15) is 5.75 Å². The summed E-state index contributed by atoms with van der Waals surface area (Å²) in [5.41, 5.74) is 2.90. The summed E-state index contributed by atoms with van der Waals surface area (Å²) in [4.78, 5) is 12.3. The van der Waals surface area contributed by atoms with E-state index in [1.165, 1.54) is 5.56 Å². The maximum absolute atomic E-state index is 12.3. The maximum atomic E-state index is 12.3. The van der Waals surface area contributed by atoms with Crippen molar-refractivity contribution in [3.05, 3.63) is 58.6 Å². The molecule has 0 aliphatic heterocycles. The largest absolute Gasteiger partial charge is 0.481 e. The number of carbonyl (C=O) groups excluding carboxylic acids is 1. The fourth-order valence-corrected chi connectivity index (χ4v) is 2.32. The van der Waals surface area contributed by atoms with E-state index in [1.54, 1.807) is 19.1 Å². The van der Waals surface area contributed by atoms with Crippen LogP contribution >= 0.6 is 11.6 Å². The first-order chi connectivity index (χ1) is 10.9. The minimum absolute atomic E-state index is 0.205. The second kappa shape index (κ2) is 7.51. The Morgan fingerprint density at radius 1 is 1.09 bits per heavy atom. The lowest BCUT2D eigenvalue weighted by atomic mass is 10.0. The van der Waals surface area contributed by atoms with Gasteiger partial charge in [-0.25, -0.2) is 0 Å². The molecule has 0 bridgehead atoms. The summed E-state index contributed by atoms with van der Waals surface area (Å²) < 4.78 is 5.71. The van der Waals surface area contributed by atoms with Crippen LogP contribution < -0.4 is 10.1 Å². The van der Waals surface area contributed by atoms with Gasteiger partial charge in [-0.2, -0.15) is 0 Å². The molecule has 0 aromatic heterocycles. The van der Waals surface area contributed by atoms with Crippen LogP contribution in [0.1, 0.15) is 37.8 Å². The van der Waals surface area contributed by atoms with E-state index < -0.39 is 6.10 Å². The molecule has 1 atom stereocenters. The number of ether oxygens (including phenoxy) is 1. The van der Waals surface area contributed by atoms with Crippen molar-refractivity contribution in [1.82, 2.24) is 0 Å². The summed E-state index contributed by atoms with van der Waals surface area (Å²) in [5, 5.41) is 3.44. The van der Waals surface area contributed by atoms with E-state index in [0.717, 1.165) is 5.56 Å². The molecule has 4 heteroatoms.